The number of carbonyl (C=O) groups excluding carboxylic acids is 3. The second kappa shape index (κ2) is 4.55. The highest BCUT2D eigenvalue weighted by atomic mass is 16.5. The van der Waals surface area contributed by atoms with E-state index in [1.165, 1.54) is 19.1 Å². The lowest BCUT2D eigenvalue weighted by Gasteiger charge is -2.38. The van der Waals surface area contributed by atoms with Crippen molar-refractivity contribution in [2.75, 3.05) is 14.2 Å². The molecule has 1 saturated carbocycles. The van der Waals surface area contributed by atoms with Gasteiger partial charge in [0.2, 0.25) is 11.8 Å². The molecule has 3 rings (SSSR count). The molecule has 2 amide bonds. The third kappa shape index (κ3) is 1.63. The van der Waals surface area contributed by atoms with Gasteiger partial charge in [-0.2, -0.15) is 0 Å². The second-order valence-corrected chi connectivity index (χ2v) is 6.10. The van der Waals surface area contributed by atoms with Crippen LogP contribution in [0, 0.1) is 11.8 Å². The average Bonchev–Trinajstić information content (AvgIpc) is 2.90. The number of esters is 1. The number of carbonyl (C=O) groups is 3. The van der Waals surface area contributed by atoms with Gasteiger partial charge in [0, 0.05) is 12.6 Å². The Labute approximate surface area is 117 Å². The average molecular weight is 280 g/mol. The van der Waals surface area contributed by atoms with Crippen molar-refractivity contribution in [3.8, 4) is 0 Å². The van der Waals surface area contributed by atoms with Gasteiger partial charge < -0.3 is 4.74 Å². The maximum Gasteiger partial charge on any atom is 0.323 e. The van der Waals surface area contributed by atoms with Crippen LogP contribution >= 0.6 is 0 Å². The molecule has 3 fully saturated rings. The molecule has 2 unspecified atom stereocenters. The summed E-state index contributed by atoms with van der Waals surface area (Å²) in [6.07, 6.45) is 4.87. The van der Waals surface area contributed by atoms with E-state index >= 15 is 0 Å². The number of methoxy groups -OCH3 is 1. The zero-order valence-electron chi connectivity index (χ0n) is 11.8. The van der Waals surface area contributed by atoms with Gasteiger partial charge in [0.05, 0.1) is 18.9 Å². The molecule has 6 nitrogen and oxygen atoms in total. The lowest BCUT2D eigenvalue weighted by molar-refractivity contribution is -0.148. The standard InChI is InChI=1S/C14H20N2O4/c1-16-11(17)8-9(12(16)18)14(6-4-3-5-7-14)15-10(8)13(19)20-2/h8-10,15H,3-7H2,1-2H3/t8?,9?,10-/m0/s1. The van der Waals surface area contributed by atoms with E-state index in [4.69, 9.17) is 4.74 Å². The highest BCUT2D eigenvalue weighted by Gasteiger charge is 2.65. The molecular formula is C14H20N2O4. The van der Waals surface area contributed by atoms with Crippen LogP contribution in [0.2, 0.25) is 0 Å². The molecular weight excluding hydrogens is 260 g/mol. The number of hydrogen-bond acceptors (Lipinski definition) is 5. The van der Waals surface area contributed by atoms with Crippen LogP contribution in [0.1, 0.15) is 32.1 Å². The number of nitrogens with zero attached hydrogens (tertiary/aromatic N) is 1. The van der Waals surface area contributed by atoms with E-state index in [9.17, 15) is 14.4 Å². The topological polar surface area (TPSA) is 75.7 Å². The number of ether oxygens (including phenoxy) is 1. The molecule has 0 bridgehead atoms. The van der Waals surface area contributed by atoms with Crippen molar-refractivity contribution in [1.82, 2.24) is 10.2 Å². The molecule has 1 spiro atoms. The Hall–Kier alpha value is -1.43. The van der Waals surface area contributed by atoms with Crippen molar-refractivity contribution in [3.05, 3.63) is 0 Å². The fourth-order valence-electron chi connectivity index (χ4n) is 4.21. The van der Waals surface area contributed by atoms with Gasteiger partial charge in [-0.3, -0.25) is 24.6 Å². The predicted molar refractivity (Wildman–Crippen MR) is 69.5 cm³/mol. The molecule has 2 heterocycles. The van der Waals surface area contributed by atoms with Crippen LogP contribution in [0.25, 0.3) is 0 Å². The summed E-state index contributed by atoms with van der Waals surface area (Å²) in [6.45, 7) is 0. The predicted octanol–water partition coefficient (Wildman–Crippen LogP) is 0.0651. The molecule has 110 valence electrons. The summed E-state index contributed by atoms with van der Waals surface area (Å²) in [4.78, 5) is 37.9. The highest BCUT2D eigenvalue weighted by Crippen LogP contribution is 2.48. The van der Waals surface area contributed by atoms with Crippen LogP contribution in [0.15, 0.2) is 0 Å². The molecule has 3 aliphatic rings. The summed E-state index contributed by atoms with van der Waals surface area (Å²) in [7, 11) is 2.82. The normalized spacial score (nSPS) is 35.5. The summed E-state index contributed by atoms with van der Waals surface area (Å²) in [5.74, 6) is -1.87. The molecule has 3 atom stereocenters. The maximum atomic E-state index is 12.4. The van der Waals surface area contributed by atoms with E-state index in [1.54, 1.807) is 0 Å². The van der Waals surface area contributed by atoms with E-state index in [0.29, 0.717) is 0 Å². The van der Waals surface area contributed by atoms with Gasteiger partial charge in [0.25, 0.3) is 0 Å². The van der Waals surface area contributed by atoms with Crippen LogP contribution in [0.4, 0.5) is 0 Å². The minimum Gasteiger partial charge on any atom is -0.468 e. The minimum absolute atomic E-state index is 0.152. The monoisotopic (exact) mass is 280 g/mol. The summed E-state index contributed by atoms with van der Waals surface area (Å²) >= 11 is 0. The molecule has 6 heteroatoms. The summed E-state index contributed by atoms with van der Waals surface area (Å²) in [6, 6.07) is -0.690. The first kappa shape index (κ1) is 13.5. The van der Waals surface area contributed by atoms with Crippen molar-refractivity contribution in [1.29, 1.82) is 0 Å². The van der Waals surface area contributed by atoms with Crippen LogP contribution in [-0.4, -0.2) is 48.4 Å². The van der Waals surface area contributed by atoms with E-state index in [0.717, 1.165) is 32.1 Å². The molecule has 20 heavy (non-hydrogen) atoms. The number of nitrogens with one attached hydrogen (secondary N) is 1. The Morgan fingerprint density at radius 1 is 1.25 bits per heavy atom. The van der Waals surface area contributed by atoms with Gasteiger partial charge in [-0.1, -0.05) is 19.3 Å². The van der Waals surface area contributed by atoms with Crippen LogP contribution < -0.4 is 5.32 Å². The van der Waals surface area contributed by atoms with E-state index < -0.39 is 29.4 Å². The van der Waals surface area contributed by atoms with Gasteiger partial charge in [0.15, 0.2) is 0 Å². The van der Waals surface area contributed by atoms with Crippen molar-refractivity contribution in [2.45, 2.75) is 43.7 Å². The van der Waals surface area contributed by atoms with Crippen LogP contribution in [0.3, 0.4) is 0 Å². The van der Waals surface area contributed by atoms with Gasteiger partial charge in [-0.15, -0.1) is 0 Å². The van der Waals surface area contributed by atoms with Crippen molar-refractivity contribution in [3.63, 3.8) is 0 Å². The number of rotatable bonds is 1. The molecule has 0 aromatic heterocycles. The summed E-state index contributed by atoms with van der Waals surface area (Å²) < 4.78 is 4.81. The Morgan fingerprint density at radius 3 is 2.50 bits per heavy atom. The molecule has 0 aromatic rings. The number of likely N-dealkylation sites (tertiary alicyclic amines) is 1. The molecule has 0 radical (unpaired) electrons. The Bertz CT molecular complexity index is 470. The van der Waals surface area contributed by atoms with E-state index in [-0.39, 0.29) is 11.8 Å². The first-order valence-corrected chi connectivity index (χ1v) is 7.19. The smallest absolute Gasteiger partial charge is 0.323 e. The summed E-state index contributed by atoms with van der Waals surface area (Å²) in [5.41, 5.74) is -0.403. The number of fused-ring (bicyclic) bond motifs is 2. The number of imide groups is 1. The quantitative estimate of drug-likeness (QED) is 0.543. The fourth-order valence-corrected chi connectivity index (χ4v) is 4.21. The third-order valence-corrected chi connectivity index (χ3v) is 5.17. The lowest BCUT2D eigenvalue weighted by atomic mass is 9.71. The van der Waals surface area contributed by atoms with Crippen LogP contribution in [0.5, 0.6) is 0 Å². The summed E-state index contributed by atoms with van der Waals surface area (Å²) in [5, 5.41) is 3.30. The minimum atomic E-state index is -0.690. The second-order valence-electron chi connectivity index (χ2n) is 6.10. The Morgan fingerprint density at radius 2 is 1.90 bits per heavy atom. The van der Waals surface area contributed by atoms with Crippen molar-refractivity contribution >= 4 is 17.8 Å². The van der Waals surface area contributed by atoms with Crippen LogP contribution in [-0.2, 0) is 19.1 Å². The zero-order valence-corrected chi connectivity index (χ0v) is 11.8. The van der Waals surface area contributed by atoms with Gasteiger partial charge >= 0.3 is 5.97 Å². The Kier molecular flexibility index (Phi) is 3.08. The highest BCUT2D eigenvalue weighted by molar-refractivity contribution is 6.08. The molecule has 2 saturated heterocycles. The zero-order chi connectivity index (χ0) is 14.5. The third-order valence-electron chi connectivity index (χ3n) is 5.17. The molecule has 1 aliphatic carbocycles. The van der Waals surface area contributed by atoms with Gasteiger partial charge in [-0.05, 0) is 12.8 Å². The van der Waals surface area contributed by atoms with Crippen molar-refractivity contribution < 1.29 is 19.1 Å². The lowest BCUT2D eigenvalue weighted by Crippen LogP contribution is -2.53. The van der Waals surface area contributed by atoms with Crippen molar-refractivity contribution in [2.24, 2.45) is 11.8 Å². The largest absolute Gasteiger partial charge is 0.468 e. The molecule has 2 aliphatic heterocycles. The maximum absolute atomic E-state index is 12.4. The molecule has 1 N–H and O–H groups in total. The van der Waals surface area contributed by atoms with Gasteiger partial charge in [0.1, 0.15) is 6.04 Å². The Balaban J connectivity index is 2.01. The SMILES string of the molecule is COC(=O)[C@H]1NC2(CCCCC2)C2C(=O)N(C)C(=O)C21. The first-order valence-electron chi connectivity index (χ1n) is 7.19. The van der Waals surface area contributed by atoms with E-state index in [2.05, 4.69) is 5.32 Å². The number of hydrogen-bond donors (Lipinski definition) is 1. The van der Waals surface area contributed by atoms with Gasteiger partial charge in [-0.25, -0.2) is 0 Å². The number of amides is 2. The van der Waals surface area contributed by atoms with E-state index in [1.807, 2.05) is 0 Å². The molecule has 0 aromatic carbocycles. The first-order chi connectivity index (χ1) is 9.52. The fraction of sp³-hybridized carbons (Fsp3) is 0.786.